The zero-order chi connectivity index (χ0) is 37.2. The number of carbonyl (C=O) groups is 1. The molecule has 4 heteroatoms. The van der Waals surface area contributed by atoms with Crippen LogP contribution < -0.4 is 10.0 Å². The van der Waals surface area contributed by atoms with Crippen LogP contribution in [0.4, 0.5) is 17.1 Å². The molecule has 0 saturated carbocycles. The Bertz CT molecular complexity index is 2320. The van der Waals surface area contributed by atoms with Crippen molar-refractivity contribution < 1.29 is 14.5 Å². The van der Waals surface area contributed by atoms with Gasteiger partial charge < -0.3 is 10.0 Å². The molecular formula is C49H46N2O2. The first kappa shape index (κ1) is 35.4. The van der Waals surface area contributed by atoms with Gasteiger partial charge in [0, 0.05) is 58.8 Å². The summed E-state index contributed by atoms with van der Waals surface area (Å²) in [6.45, 7) is 13.0. The fourth-order valence-electron chi connectivity index (χ4n) is 7.68. The fraction of sp³-hybridized carbons (Fsp3) is 0.184. The van der Waals surface area contributed by atoms with Crippen molar-refractivity contribution in [1.82, 2.24) is 0 Å². The minimum Gasteiger partial charge on any atom is -0.871 e. The third kappa shape index (κ3) is 6.85. The van der Waals surface area contributed by atoms with Crippen LogP contribution in [-0.4, -0.2) is 16.1 Å². The fourth-order valence-corrected chi connectivity index (χ4v) is 7.68. The quantitative estimate of drug-likeness (QED) is 0.114. The molecule has 0 fully saturated rings. The molecule has 0 N–H and O–H groups in total. The van der Waals surface area contributed by atoms with Gasteiger partial charge in [0.15, 0.2) is 11.8 Å². The monoisotopic (exact) mass is 694 g/mol. The highest BCUT2D eigenvalue weighted by molar-refractivity contribution is 6.39. The average molecular weight is 695 g/mol. The SMILES string of the molecule is CCc1ccc(N(c2ccc(C3=C([O-])C(=C4C=CC(=[N+](c5ccc(C)cc5C)C(C)c5ccccc5)C=C4)C3=O)cc2)C(C)c2ccccc2)c(C)c1. The molecule has 0 heterocycles. The molecule has 0 aromatic heterocycles. The lowest BCUT2D eigenvalue weighted by molar-refractivity contribution is -0.486. The van der Waals surface area contributed by atoms with Gasteiger partial charge in [0.2, 0.25) is 11.4 Å². The molecule has 0 radical (unpaired) electrons. The minimum absolute atomic E-state index is 0.0530. The van der Waals surface area contributed by atoms with E-state index >= 15 is 0 Å². The predicted molar refractivity (Wildman–Crippen MR) is 217 cm³/mol. The molecule has 2 unspecified atom stereocenters. The van der Waals surface area contributed by atoms with Crippen LogP contribution in [0.5, 0.6) is 0 Å². The highest BCUT2D eigenvalue weighted by Gasteiger charge is 2.32. The van der Waals surface area contributed by atoms with Crippen molar-refractivity contribution in [2.24, 2.45) is 0 Å². The van der Waals surface area contributed by atoms with E-state index < -0.39 is 0 Å². The zero-order valence-corrected chi connectivity index (χ0v) is 31.4. The van der Waals surface area contributed by atoms with Crippen molar-refractivity contribution in [3.05, 3.63) is 201 Å². The Hall–Kier alpha value is -6.00. The highest BCUT2D eigenvalue weighted by atomic mass is 16.3. The van der Waals surface area contributed by atoms with Gasteiger partial charge in [0.1, 0.15) is 0 Å². The Morgan fingerprint density at radius 3 is 1.91 bits per heavy atom. The lowest BCUT2D eigenvalue weighted by atomic mass is 9.80. The molecule has 0 aliphatic heterocycles. The number of allylic oxidation sites excluding steroid dienone is 7. The number of hydrogen-bond acceptors (Lipinski definition) is 3. The van der Waals surface area contributed by atoms with E-state index in [0.717, 1.165) is 29.2 Å². The van der Waals surface area contributed by atoms with E-state index in [9.17, 15) is 9.90 Å². The zero-order valence-electron chi connectivity index (χ0n) is 31.4. The van der Waals surface area contributed by atoms with E-state index in [2.05, 4.69) is 136 Å². The molecule has 0 bridgehead atoms. The summed E-state index contributed by atoms with van der Waals surface area (Å²) in [4.78, 5) is 16.0. The van der Waals surface area contributed by atoms with Crippen molar-refractivity contribution in [2.75, 3.05) is 4.90 Å². The Balaban J connectivity index is 1.21. The largest absolute Gasteiger partial charge is 0.871 e. The van der Waals surface area contributed by atoms with E-state index in [-0.39, 0.29) is 34.8 Å². The number of aryl methyl sites for hydroxylation is 4. The van der Waals surface area contributed by atoms with E-state index in [1.165, 1.54) is 33.4 Å². The topological polar surface area (TPSA) is 46.4 Å². The summed E-state index contributed by atoms with van der Waals surface area (Å²) in [7, 11) is 0. The first-order valence-corrected chi connectivity index (χ1v) is 18.6. The summed E-state index contributed by atoms with van der Waals surface area (Å²) in [6.07, 6.45) is 8.83. The van der Waals surface area contributed by atoms with Crippen LogP contribution in [0.15, 0.2) is 163 Å². The predicted octanol–water partition coefficient (Wildman–Crippen LogP) is 10.7. The van der Waals surface area contributed by atoms with E-state index in [1.54, 1.807) is 0 Å². The molecular weight excluding hydrogens is 649 g/mol. The third-order valence-electron chi connectivity index (χ3n) is 10.7. The molecule has 2 aliphatic carbocycles. The number of benzene rings is 5. The average Bonchev–Trinajstić information content (AvgIpc) is 3.18. The number of nitrogens with zero attached hydrogens (tertiary/aromatic N) is 2. The van der Waals surface area contributed by atoms with Gasteiger partial charge in [-0.1, -0.05) is 109 Å². The molecule has 0 amide bonds. The molecule has 7 rings (SSSR count). The summed E-state index contributed by atoms with van der Waals surface area (Å²) in [5.74, 6) is -0.417. The molecule has 4 nitrogen and oxygen atoms in total. The van der Waals surface area contributed by atoms with Gasteiger partial charge in [-0.25, -0.2) is 0 Å². The Morgan fingerprint density at radius 2 is 1.32 bits per heavy atom. The van der Waals surface area contributed by atoms with E-state index in [1.807, 2.05) is 60.7 Å². The third-order valence-corrected chi connectivity index (χ3v) is 10.7. The van der Waals surface area contributed by atoms with Crippen LogP contribution >= 0.6 is 0 Å². The molecule has 2 aliphatic rings. The summed E-state index contributed by atoms with van der Waals surface area (Å²) >= 11 is 0. The maximum absolute atomic E-state index is 13.7. The number of hydrogen-bond donors (Lipinski definition) is 0. The highest BCUT2D eigenvalue weighted by Crippen LogP contribution is 2.41. The van der Waals surface area contributed by atoms with Crippen molar-refractivity contribution in [2.45, 2.75) is 60.0 Å². The Morgan fingerprint density at radius 1 is 0.679 bits per heavy atom. The van der Waals surface area contributed by atoms with Gasteiger partial charge in [-0.15, -0.1) is 0 Å². The maximum atomic E-state index is 13.7. The summed E-state index contributed by atoms with van der Waals surface area (Å²) < 4.78 is 2.32. The lowest BCUT2D eigenvalue weighted by Crippen LogP contribution is -2.30. The number of anilines is 2. The molecule has 0 saturated heterocycles. The molecule has 53 heavy (non-hydrogen) atoms. The standard InChI is InChI=1S/C49H46N2O2/c1-7-37-19-29-45(34(4)31-37)51(36(6)39-16-12-9-13-17-39)43-26-22-41(23-27-43)47-48(52)46(49(47)53)40-20-24-42(25-21-40)50(35(5)38-14-10-8-11-15-38)44-28-18-32(2)30-33(44)3/h8-31,35-36H,7H2,1-6H3. The van der Waals surface area contributed by atoms with Gasteiger partial charge in [-0.05, 0) is 98.4 Å². The second-order valence-electron chi connectivity index (χ2n) is 14.2. The van der Waals surface area contributed by atoms with Gasteiger partial charge in [-0.3, -0.25) is 4.79 Å². The summed E-state index contributed by atoms with van der Waals surface area (Å²) in [5, 5.41) is 13.7. The number of ketones is 1. The number of carbonyl (C=O) groups excluding carboxylic acids is 1. The van der Waals surface area contributed by atoms with Crippen LogP contribution in [0.25, 0.3) is 5.57 Å². The van der Waals surface area contributed by atoms with Crippen LogP contribution in [0, 0.1) is 20.8 Å². The number of Topliss-reactive ketones (excluding diaryl/α,β-unsaturated/α-hetero) is 1. The molecule has 0 spiro atoms. The molecule has 5 aromatic rings. The summed E-state index contributed by atoms with van der Waals surface area (Å²) in [6, 6.07) is 42.1. The van der Waals surface area contributed by atoms with Crippen molar-refractivity contribution in [1.29, 1.82) is 0 Å². The molecule has 2 atom stereocenters. The molecule has 264 valence electrons. The summed E-state index contributed by atoms with van der Waals surface area (Å²) in [5.41, 5.74) is 13.3. The van der Waals surface area contributed by atoms with Crippen LogP contribution in [0.1, 0.15) is 71.8 Å². The van der Waals surface area contributed by atoms with Crippen molar-refractivity contribution in [3.63, 3.8) is 0 Å². The molecule has 5 aromatic carbocycles. The van der Waals surface area contributed by atoms with Crippen LogP contribution in [0.3, 0.4) is 0 Å². The Kier molecular flexibility index (Phi) is 9.97. The first-order valence-electron chi connectivity index (χ1n) is 18.6. The minimum atomic E-state index is -0.208. The normalized spacial score (nSPS) is 15.1. The second kappa shape index (κ2) is 14.9. The van der Waals surface area contributed by atoms with Crippen molar-refractivity contribution >= 4 is 34.1 Å². The van der Waals surface area contributed by atoms with E-state index in [0.29, 0.717) is 11.1 Å². The lowest BCUT2D eigenvalue weighted by Gasteiger charge is -2.34. The van der Waals surface area contributed by atoms with Crippen LogP contribution in [0.2, 0.25) is 0 Å². The van der Waals surface area contributed by atoms with Gasteiger partial charge in [0.05, 0.1) is 6.04 Å². The first-order chi connectivity index (χ1) is 25.7. The second-order valence-corrected chi connectivity index (χ2v) is 14.2. The van der Waals surface area contributed by atoms with Crippen molar-refractivity contribution in [3.8, 4) is 0 Å². The van der Waals surface area contributed by atoms with Gasteiger partial charge >= 0.3 is 0 Å². The maximum Gasteiger partial charge on any atom is 0.209 e. The Labute approximate surface area is 314 Å². The smallest absolute Gasteiger partial charge is 0.209 e. The van der Waals surface area contributed by atoms with Gasteiger partial charge in [0.25, 0.3) is 0 Å². The van der Waals surface area contributed by atoms with Gasteiger partial charge in [-0.2, -0.15) is 4.58 Å². The van der Waals surface area contributed by atoms with Crippen LogP contribution in [-0.2, 0) is 11.2 Å². The number of rotatable bonds is 9. The van der Waals surface area contributed by atoms with E-state index in [4.69, 9.17) is 0 Å².